The van der Waals surface area contributed by atoms with Crippen LogP contribution in [0.15, 0.2) is 29.8 Å². The fourth-order valence-electron chi connectivity index (χ4n) is 4.97. The van der Waals surface area contributed by atoms with Crippen LogP contribution >= 0.6 is 11.3 Å². The molecule has 42 heavy (non-hydrogen) atoms. The van der Waals surface area contributed by atoms with Gasteiger partial charge in [-0.1, -0.05) is 57.9 Å². The average Bonchev–Trinajstić information content (AvgIpc) is 3.54. The van der Waals surface area contributed by atoms with Crippen LogP contribution in [0.5, 0.6) is 0 Å². The summed E-state index contributed by atoms with van der Waals surface area (Å²) in [6.45, 7) is 8.19. The summed E-state index contributed by atoms with van der Waals surface area (Å²) in [7, 11) is 0. The van der Waals surface area contributed by atoms with Gasteiger partial charge in [0.1, 0.15) is 12.1 Å². The zero-order valence-electron chi connectivity index (χ0n) is 24.8. The summed E-state index contributed by atoms with van der Waals surface area (Å²) in [5.74, 6) is -1.00. The predicted octanol–water partition coefficient (Wildman–Crippen LogP) is 3.45. The van der Waals surface area contributed by atoms with Gasteiger partial charge in [-0.3, -0.25) is 14.4 Å². The standard InChI is InChI=1S/C30H43N5O6S/c1-19-25(42-18-33-19)21-12-10-20(11-13-21)16-32-27(38)23-15-22(36)17-35(23)28(39)26(30(2,3)4)34-24(37)9-7-5-6-8-14-31-29(40)41/h10-13,18,22-23,26,31,36H,5-9,14-17H2,1-4H3,(H,32,38)(H,34,37)(H,40,41)/t22-,23+,26-/m1/s1. The molecule has 1 fully saturated rings. The van der Waals surface area contributed by atoms with E-state index in [-0.39, 0.29) is 37.7 Å². The Morgan fingerprint density at radius 3 is 2.38 bits per heavy atom. The van der Waals surface area contributed by atoms with E-state index in [0.717, 1.165) is 34.5 Å². The second-order valence-corrected chi connectivity index (χ2v) is 12.7. The van der Waals surface area contributed by atoms with E-state index < -0.39 is 35.6 Å². The second-order valence-electron chi connectivity index (χ2n) is 11.8. The van der Waals surface area contributed by atoms with E-state index in [9.17, 15) is 24.3 Å². The third-order valence-corrected chi connectivity index (χ3v) is 8.30. The van der Waals surface area contributed by atoms with E-state index in [1.165, 1.54) is 4.90 Å². The number of amides is 4. The molecule has 1 aliphatic heterocycles. The third kappa shape index (κ3) is 9.52. The Kier molecular flexibility index (Phi) is 11.9. The fourth-order valence-corrected chi connectivity index (χ4v) is 5.78. The number of thiazole rings is 1. The Labute approximate surface area is 251 Å². The SMILES string of the molecule is Cc1ncsc1-c1ccc(CNC(=O)[C@@H]2C[C@@H](O)CN2C(=O)[C@@H](NC(=O)CCCCCCNC(=O)O)C(C)(C)C)cc1. The summed E-state index contributed by atoms with van der Waals surface area (Å²) in [6, 6.07) is 6.16. The molecule has 0 unspecified atom stereocenters. The highest BCUT2D eigenvalue weighted by Crippen LogP contribution is 2.28. The highest BCUT2D eigenvalue weighted by atomic mass is 32.1. The van der Waals surface area contributed by atoms with E-state index in [4.69, 9.17) is 5.11 Å². The molecule has 1 aliphatic rings. The smallest absolute Gasteiger partial charge is 0.404 e. The van der Waals surface area contributed by atoms with Crippen molar-refractivity contribution < 1.29 is 29.4 Å². The van der Waals surface area contributed by atoms with Gasteiger partial charge >= 0.3 is 6.09 Å². The molecular formula is C30H43N5O6S. The third-order valence-electron chi connectivity index (χ3n) is 7.32. The molecule has 0 aliphatic carbocycles. The van der Waals surface area contributed by atoms with Gasteiger partial charge in [0.25, 0.3) is 0 Å². The van der Waals surface area contributed by atoms with E-state index in [2.05, 4.69) is 20.9 Å². The molecule has 1 saturated heterocycles. The highest BCUT2D eigenvalue weighted by molar-refractivity contribution is 7.13. The summed E-state index contributed by atoms with van der Waals surface area (Å²) < 4.78 is 0. The lowest BCUT2D eigenvalue weighted by molar-refractivity contribution is -0.144. The number of hydrogen-bond acceptors (Lipinski definition) is 7. The van der Waals surface area contributed by atoms with Gasteiger partial charge in [0.2, 0.25) is 17.7 Å². The number of aliphatic hydroxyl groups excluding tert-OH is 1. The topological polar surface area (TPSA) is 161 Å². The number of aryl methyl sites for hydroxylation is 1. The number of carbonyl (C=O) groups is 4. The summed E-state index contributed by atoms with van der Waals surface area (Å²) in [4.78, 5) is 56.9. The number of hydrogen-bond donors (Lipinski definition) is 5. The van der Waals surface area contributed by atoms with Gasteiger partial charge in [-0.05, 0) is 36.3 Å². The molecule has 2 heterocycles. The minimum atomic E-state index is -1.05. The van der Waals surface area contributed by atoms with Crippen LogP contribution in [0.25, 0.3) is 10.4 Å². The highest BCUT2D eigenvalue weighted by Gasteiger charge is 2.44. The maximum Gasteiger partial charge on any atom is 0.404 e. The van der Waals surface area contributed by atoms with Crippen molar-refractivity contribution in [1.82, 2.24) is 25.8 Å². The first-order valence-electron chi connectivity index (χ1n) is 14.4. The van der Waals surface area contributed by atoms with Gasteiger partial charge in [0, 0.05) is 32.5 Å². The minimum absolute atomic E-state index is 0.0205. The first-order chi connectivity index (χ1) is 19.9. The number of likely N-dealkylation sites (tertiary alicyclic amines) is 1. The minimum Gasteiger partial charge on any atom is -0.465 e. The van der Waals surface area contributed by atoms with Crippen molar-refractivity contribution >= 4 is 35.2 Å². The van der Waals surface area contributed by atoms with Crippen LogP contribution in [0, 0.1) is 12.3 Å². The van der Waals surface area contributed by atoms with Crippen molar-refractivity contribution in [3.8, 4) is 10.4 Å². The molecule has 3 atom stereocenters. The zero-order chi connectivity index (χ0) is 30.9. The average molecular weight is 602 g/mol. The molecular weight excluding hydrogens is 558 g/mol. The van der Waals surface area contributed by atoms with Crippen LogP contribution in [0.3, 0.4) is 0 Å². The number of nitrogens with zero attached hydrogens (tertiary/aromatic N) is 2. The number of β-amino-alcohol motifs (C(OH)–C–C–N with tert-alkyl or cyclic N) is 1. The summed E-state index contributed by atoms with van der Waals surface area (Å²) in [5.41, 5.74) is 4.12. The Morgan fingerprint density at radius 2 is 1.76 bits per heavy atom. The number of rotatable bonds is 13. The lowest BCUT2D eigenvalue weighted by Gasteiger charge is -2.35. The van der Waals surface area contributed by atoms with Gasteiger partial charge in [-0.25, -0.2) is 9.78 Å². The van der Waals surface area contributed by atoms with Gasteiger partial charge < -0.3 is 31.1 Å². The maximum atomic E-state index is 13.7. The van der Waals surface area contributed by atoms with E-state index >= 15 is 0 Å². The fraction of sp³-hybridized carbons (Fsp3) is 0.567. The molecule has 11 nitrogen and oxygen atoms in total. The molecule has 2 aromatic rings. The van der Waals surface area contributed by atoms with Crippen LogP contribution in [-0.2, 0) is 20.9 Å². The lowest BCUT2D eigenvalue weighted by Crippen LogP contribution is -2.57. The van der Waals surface area contributed by atoms with Crippen LogP contribution < -0.4 is 16.0 Å². The molecule has 0 saturated carbocycles. The summed E-state index contributed by atoms with van der Waals surface area (Å²) in [6.07, 6.45) is 1.33. The predicted molar refractivity (Wildman–Crippen MR) is 161 cm³/mol. The number of aliphatic hydroxyl groups is 1. The molecule has 4 amide bonds. The van der Waals surface area contributed by atoms with Crippen LogP contribution in [0.2, 0.25) is 0 Å². The number of carbonyl (C=O) groups excluding carboxylic acids is 3. The number of carboxylic acid groups (broad SMARTS) is 1. The van der Waals surface area contributed by atoms with Crippen molar-refractivity contribution in [3.05, 3.63) is 41.0 Å². The van der Waals surface area contributed by atoms with Crippen molar-refractivity contribution in [2.24, 2.45) is 5.41 Å². The molecule has 0 bridgehead atoms. The monoisotopic (exact) mass is 601 g/mol. The Morgan fingerprint density at radius 1 is 1.07 bits per heavy atom. The molecule has 1 aromatic carbocycles. The molecule has 1 aromatic heterocycles. The quantitative estimate of drug-likeness (QED) is 0.220. The van der Waals surface area contributed by atoms with Crippen molar-refractivity contribution in [3.63, 3.8) is 0 Å². The Hall–Kier alpha value is -3.51. The van der Waals surface area contributed by atoms with Crippen molar-refractivity contribution in [2.75, 3.05) is 13.1 Å². The summed E-state index contributed by atoms with van der Waals surface area (Å²) in [5, 5.41) is 27.1. The number of aromatic nitrogens is 1. The van der Waals surface area contributed by atoms with Gasteiger partial charge in [-0.2, -0.15) is 0 Å². The Bertz CT molecular complexity index is 1230. The second kappa shape index (κ2) is 15.1. The van der Waals surface area contributed by atoms with Crippen molar-refractivity contribution in [1.29, 1.82) is 0 Å². The van der Waals surface area contributed by atoms with Gasteiger partial charge in [0.05, 0.1) is 22.2 Å². The van der Waals surface area contributed by atoms with Gasteiger partial charge in [-0.15, -0.1) is 11.3 Å². The summed E-state index contributed by atoms with van der Waals surface area (Å²) >= 11 is 1.58. The molecule has 5 N–H and O–H groups in total. The molecule has 0 spiro atoms. The van der Waals surface area contributed by atoms with Crippen LogP contribution in [0.4, 0.5) is 4.79 Å². The molecule has 3 rings (SSSR count). The van der Waals surface area contributed by atoms with Crippen LogP contribution in [-0.4, -0.2) is 75.2 Å². The largest absolute Gasteiger partial charge is 0.465 e. The first-order valence-corrected chi connectivity index (χ1v) is 15.3. The zero-order valence-corrected chi connectivity index (χ0v) is 25.6. The first kappa shape index (κ1) is 33.0. The molecule has 12 heteroatoms. The van der Waals surface area contributed by atoms with E-state index in [1.54, 1.807) is 11.3 Å². The van der Waals surface area contributed by atoms with E-state index in [1.807, 2.05) is 57.5 Å². The number of benzene rings is 1. The van der Waals surface area contributed by atoms with Gasteiger partial charge in [0.15, 0.2) is 0 Å². The molecule has 230 valence electrons. The lowest BCUT2D eigenvalue weighted by atomic mass is 9.85. The maximum absolute atomic E-state index is 13.7. The number of unbranched alkanes of at least 4 members (excludes halogenated alkanes) is 3. The van der Waals surface area contributed by atoms with Crippen LogP contribution in [0.1, 0.15) is 70.6 Å². The normalized spacial score (nSPS) is 17.5. The van der Waals surface area contributed by atoms with E-state index in [0.29, 0.717) is 19.4 Å². The van der Waals surface area contributed by atoms with Crippen molar-refractivity contribution in [2.45, 2.75) is 91.0 Å². The Balaban J connectivity index is 1.55. The number of nitrogens with one attached hydrogen (secondary N) is 3. The molecule has 0 radical (unpaired) electrons.